The Kier molecular flexibility index (Phi) is 5.60. The van der Waals surface area contributed by atoms with E-state index < -0.39 is 5.97 Å². The molecule has 0 radical (unpaired) electrons. The highest BCUT2D eigenvalue weighted by atomic mass is 127. The van der Waals surface area contributed by atoms with Crippen molar-refractivity contribution in [1.29, 1.82) is 0 Å². The zero-order chi connectivity index (χ0) is 21.4. The number of hydrogen-bond acceptors (Lipinski definition) is 4. The molecule has 0 bridgehead atoms. The van der Waals surface area contributed by atoms with Crippen molar-refractivity contribution in [3.63, 3.8) is 0 Å². The van der Waals surface area contributed by atoms with E-state index in [0.717, 1.165) is 25.8 Å². The van der Waals surface area contributed by atoms with Crippen LogP contribution >= 0.6 is 22.6 Å². The van der Waals surface area contributed by atoms with Gasteiger partial charge in [-0.3, -0.25) is 0 Å². The summed E-state index contributed by atoms with van der Waals surface area (Å²) >= 11 is 2.22. The van der Waals surface area contributed by atoms with E-state index in [1.54, 1.807) is 13.2 Å². The summed E-state index contributed by atoms with van der Waals surface area (Å²) in [6.45, 7) is 4.28. The first kappa shape index (κ1) is 20.5. The Morgan fingerprint density at radius 3 is 2.47 bits per heavy atom. The number of carboxylic acid groups (broad SMARTS) is 1. The van der Waals surface area contributed by atoms with Crippen molar-refractivity contribution in [2.75, 3.05) is 7.11 Å². The monoisotopic (exact) mass is 516 g/mol. The van der Waals surface area contributed by atoms with E-state index in [1.165, 1.54) is 0 Å². The second-order valence-corrected chi connectivity index (χ2v) is 8.46. The Morgan fingerprint density at radius 2 is 1.80 bits per heavy atom. The van der Waals surface area contributed by atoms with E-state index >= 15 is 0 Å². The number of rotatable bonds is 5. The topological polar surface area (TPSA) is 65.0 Å². The minimum Gasteiger partial charge on any atom is -0.493 e. The summed E-state index contributed by atoms with van der Waals surface area (Å²) in [5.74, 6) is 0.925. The lowest BCUT2D eigenvalue weighted by atomic mass is 9.90. The van der Waals surface area contributed by atoms with Crippen LogP contribution in [0.25, 0.3) is 22.3 Å². The third-order valence-corrected chi connectivity index (χ3v) is 5.88. The zero-order valence-electron chi connectivity index (χ0n) is 16.9. The highest BCUT2D eigenvalue weighted by Gasteiger charge is 2.25. The van der Waals surface area contributed by atoms with Crippen molar-refractivity contribution in [3.05, 3.63) is 63.2 Å². The molecular weight excluding hydrogens is 495 g/mol. The lowest BCUT2D eigenvalue weighted by molar-refractivity contribution is 0.0697. The Bertz CT molecular complexity index is 1140. The Labute approximate surface area is 188 Å². The largest absolute Gasteiger partial charge is 0.493 e. The third kappa shape index (κ3) is 3.71. The molecule has 1 heterocycles. The molecule has 6 heteroatoms. The Balaban J connectivity index is 1.91. The van der Waals surface area contributed by atoms with Gasteiger partial charge in [-0.2, -0.15) is 0 Å². The molecule has 154 valence electrons. The average molecular weight is 516 g/mol. The normalized spacial score (nSPS) is 12.0. The number of aromatic carboxylic acids is 1. The van der Waals surface area contributed by atoms with E-state index in [-0.39, 0.29) is 11.7 Å². The van der Waals surface area contributed by atoms with Crippen molar-refractivity contribution in [3.8, 4) is 39.5 Å². The summed E-state index contributed by atoms with van der Waals surface area (Å²) in [6.07, 6.45) is 0.00302. The molecule has 0 atom stereocenters. The number of methoxy groups -OCH3 is 1. The van der Waals surface area contributed by atoms with Gasteiger partial charge in [0.25, 0.3) is 0 Å². The van der Waals surface area contributed by atoms with Crippen molar-refractivity contribution in [1.82, 2.24) is 0 Å². The van der Waals surface area contributed by atoms with Gasteiger partial charge in [0.2, 0.25) is 0 Å². The van der Waals surface area contributed by atoms with Crippen LogP contribution in [0, 0.1) is 3.57 Å². The van der Waals surface area contributed by atoms with Gasteiger partial charge < -0.3 is 19.3 Å². The molecule has 0 aromatic heterocycles. The van der Waals surface area contributed by atoms with Crippen molar-refractivity contribution < 1.29 is 24.1 Å². The van der Waals surface area contributed by atoms with Crippen LogP contribution in [0.5, 0.6) is 17.2 Å². The first-order chi connectivity index (χ1) is 14.4. The van der Waals surface area contributed by atoms with E-state index in [0.29, 0.717) is 29.4 Å². The van der Waals surface area contributed by atoms with Gasteiger partial charge in [-0.25, -0.2) is 4.79 Å². The molecule has 0 spiro atoms. The standard InChI is InChI=1S/C24H21IO5/c1-13(2)30-23-8-14-12-29-21-11-17(15-6-4-5-7-20(15)25)19(24(26)27)9-18(21)16(14)10-22(23)28-3/h4-11,13H,12H2,1-3H3,(H,26,27). The molecule has 5 nitrogen and oxygen atoms in total. The molecule has 4 rings (SSSR count). The molecule has 0 fully saturated rings. The Morgan fingerprint density at radius 1 is 1.03 bits per heavy atom. The van der Waals surface area contributed by atoms with Crippen LogP contribution in [0.3, 0.4) is 0 Å². The minimum atomic E-state index is -0.980. The molecule has 30 heavy (non-hydrogen) atoms. The number of carboxylic acids is 1. The number of ether oxygens (including phenoxy) is 3. The van der Waals surface area contributed by atoms with E-state index in [4.69, 9.17) is 14.2 Å². The average Bonchev–Trinajstić information content (AvgIpc) is 2.72. The summed E-state index contributed by atoms with van der Waals surface area (Å²) in [6, 6.07) is 15.0. The zero-order valence-corrected chi connectivity index (χ0v) is 19.0. The molecule has 0 saturated heterocycles. The van der Waals surface area contributed by atoms with Crippen molar-refractivity contribution in [2.24, 2.45) is 0 Å². The molecule has 0 aliphatic carbocycles. The van der Waals surface area contributed by atoms with Crippen LogP contribution in [-0.2, 0) is 6.61 Å². The van der Waals surface area contributed by atoms with Gasteiger partial charge in [-0.1, -0.05) is 18.2 Å². The van der Waals surface area contributed by atoms with Gasteiger partial charge in [0.15, 0.2) is 11.5 Å². The maximum absolute atomic E-state index is 12.1. The number of benzene rings is 3. The third-order valence-electron chi connectivity index (χ3n) is 4.94. The first-order valence-electron chi connectivity index (χ1n) is 9.56. The quantitative estimate of drug-likeness (QED) is 0.421. The smallest absolute Gasteiger partial charge is 0.336 e. The summed E-state index contributed by atoms with van der Waals surface area (Å²) in [5, 5.41) is 9.92. The molecular formula is C24H21IO5. The summed E-state index contributed by atoms with van der Waals surface area (Å²) in [5.41, 5.74) is 4.29. The van der Waals surface area contributed by atoms with E-state index in [1.807, 2.05) is 56.3 Å². The minimum absolute atomic E-state index is 0.00302. The highest BCUT2D eigenvalue weighted by molar-refractivity contribution is 14.1. The highest BCUT2D eigenvalue weighted by Crippen LogP contribution is 2.46. The summed E-state index contributed by atoms with van der Waals surface area (Å²) < 4.78 is 18.4. The summed E-state index contributed by atoms with van der Waals surface area (Å²) in [7, 11) is 1.60. The van der Waals surface area contributed by atoms with Gasteiger partial charge in [0.1, 0.15) is 12.4 Å². The first-order valence-corrected chi connectivity index (χ1v) is 10.6. The molecule has 0 unspecified atom stereocenters. The van der Waals surface area contributed by atoms with E-state index in [9.17, 15) is 9.90 Å². The van der Waals surface area contributed by atoms with Gasteiger partial charge in [-0.15, -0.1) is 0 Å². The number of fused-ring (bicyclic) bond motifs is 3. The fraction of sp³-hybridized carbons (Fsp3) is 0.208. The Hall–Kier alpha value is -2.74. The van der Waals surface area contributed by atoms with Crippen LogP contribution in [0.4, 0.5) is 0 Å². The number of halogens is 1. The predicted octanol–water partition coefficient (Wildman–Crippen LogP) is 6.01. The summed E-state index contributed by atoms with van der Waals surface area (Å²) in [4.78, 5) is 12.1. The fourth-order valence-corrected chi connectivity index (χ4v) is 4.30. The molecule has 1 aliphatic rings. The lowest BCUT2D eigenvalue weighted by Crippen LogP contribution is -2.11. The molecule has 0 saturated carbocycles. The number of carbonyl (C=O) groups is 1. The predicted molar refractivity (Wildman–Crippen MR) is 124 cm³/mol. The van der Waals surface area contributed by atoms with Crippen LogP contribution in [-0.4, -0.2) is 24.3 Å². The van der Waals surface area contributed by atoms with Gasteiger partial charge in [-0.05, 0) is 77.9 Å². The fourth-order valence-electron chi connectivity index (χ4n) is 3.62. The van der Waals surface area contributed by atoms with Crippen LogP contribution in [0.2, 0.25) is 0 Å². The molecule has 0 amide bonds. The van der Waals surface area contributed by atoms with Gasteiger partial charge in [0.05, 0.1) is 18.8 Å². The molecule has 3 aromatic rings. The van der Waals surface area contributed by atoms with Crippen molar-refractivity contribution >= 4 is 28.6 Å². The second kappa shape index (κ2) is 8.18. The van der Waals surface area contributed by atoms with E-state index in [2.05, 4.69) is 22.6 Å². The molecule has 3 aromatic carbocycles. The van der Waals surface area contributed by atoms with Crippen LogP contribution in [0.1, 0.15) is 29.8 Å². The van der Waals surface area contributed by atoms with Crippen LogP contribution in [0.15, 0.2) is 48.5 Å². The molecule has 1 aliphatic heterocycles. The lowest BCUT2D eigenvalue weighted by Gasteiger charge is -2.25. The second-order valence-electron chi connectivity index (χ2n) is 7.29. The van der Waals surface area contributed by atoms with Gasteiger partial charge in [0, 0.05) is 20.3 Å². The molecule has 1 N–H and O–H groups in total. The van der Waals surface area contributed by atoms with Crippen LogP contribution < -0.4 is 14.2 Å². The number of hydrogen-bond donors (Lipinski definition) is 1. The van der Waals surface area contributed by atoms with Gasteiger partial charge >= 0.3 is 5.97 Å². The maximum atomic E-state index is 12.1. The van der Waals surface area contributed by atoms with Crippen molar-refractivity contribution in [2.45, 2.75) is 26.6 Å². The SMILES string of the molecule is COc1cc2c(cc1OC(C)C)COc1cc(-c3ccccc3I)c(C(=O)O)cc1-2. The maximum Gasteiger partial charge on any atom is 0.336 e.